The molecule has 6 rings (SSSR count). The summed E-state index contributed by atoms with van der Waals surface area (Å²) in [5.74, 6) is -0.931. The molecule has 1 saturated heterocycles. The quantitative estimate of drug-likeness (QED) is 0.486. The van der Waals surface area contributed by atoms with Crippen molar-refractivity contribution in [2.45, 2.75) is 5.92 Å². The molecule has 3 aromatic rings. The Morgan fingerprint density at radius 3 is 2.29 bits per heavy atom. The first-order valence-electron chi connectivity index (χ1n) is 11.2. The van der Waals surface area contributed by atoms with Gasteiger partial charge in [0.15, 0.2) is 11.6 Å². The van der Waals surface area contributed by atoms with Crippen LogP contribution in [0, 0.1) is 0 Å². The van der Waals surface area contributed by atoms with Crippen LogP contribution in [-0.2, 0) is 0 Å². The highest BCUT2D eigenvalue weighted by atomic mass is 35.5. The topological polar surface area (TPSA) is 66.5 Å². The van der Waals surface area contributed by atoms with Crippen LogP contribution in [0.3, 0.4) is 0 Å². The highest BCUT2D eigenvalue weighted by Gasteiger charge is 2.48. The fraction of sp³-hybridized carbons (Fsp3) is 0.107. The molecule has 2 heterocycles. The zero-order valence-corrected chi connectivity index (χ0v) is 19.9. The van der Waals surface area contributed by atoms with Crippen LogP contribution >= 0.6 is 23.2 Å². The summed E-state index contributed by atoms with van der Waals surface area (Å²) in [7, 11) is 0. The van der Waals surface area contributed by atoms with E-state index in [1.54, 1.807) is 77.7 Å². The third-order valence-electron chi connectivity index (χ3n) is 6.67. The van der Waals surface area contributed by atoms with Gasteiger partial charge in [-0.25, -0.2) is 0 Å². The van der Waals surface area contributed by atoms with Gasteiger partial charge >= 0.3 is 0 Å². The van der Waals surface area contributed by atoms with Crippen molar-refractivity contribution in [3.63, 3.8) is 0 Å². The zero-order valence-electron chi connectivity index (χ0n) is 18.3. The zero-order chi connectivity index (χ0) is 24.3. The van der Waals surface area contributed by atoms with Gasteiger partial charge in [-0.1, -0.05) is 71.7 Å². The van der Waals surface area contributed by atoms with Crippen molar-refractivity contribution in [3.8, 4) is 0 Å². The van der Waals surface area contributed by atoms with E-state index in [0.29, 0.717) is 68.1 Å². The first-order chi connectivity index (χ1) is 17.0. The highest BCUT2D eigenvalue weighted by Crippen LogP contribution is 2.47. The molecule has 0 spiro atoms. The van der Waals surface area contributed by atoms with E-state index in [9.17, 15) is 14.4 Å². The van der Waals surface area contributed by atoms with Crippen molar-refractivity contribution in [3.05, 3.63) is 128 Å². The molecule has 0 amide bonds. The Balaban J connectivity index is 1.63. The molecule has 0 saturated carbocycles. The van der Waals surface area contributed by atoms with Gasteiger partial charge < -0.3 is 10.2 Å². The minimum absolute atomic E-state index is 0.218. The predicted molar refractivity (Wildman–Crippen MR) is 134 cm³/mol. The third-order valence-corrected chi connectivity index (χ3v) is 7.15. The van der Waals surface area contributed by atoms with Crippen LogP contribution < -0.4 is 5.32 Å². The second kappa shape index (κ2) is 8.22. The van der Waals surface area contributed by atoms with E-state index in [2.05, 4.69) is 5.32 Å². The van der Waals surface area contributed by atoms with Crippen molar-refractivity contribution < 1.29 is 14.4 Å². The lowest BCUT2D eigenvalue weighted by Crippen LogP contribution is -2.40. The maximum atomic E-state index is 14.0. The lowest BCUT2D eigenvalue weighted by atomic mass is 9.72. The highest BCUT2D eigenvalue weighted by molar-refractivity contribution is 6.32. The number of nitrogens with zero attached hydrogens (tertiary/aromatic N) is 1. The molecule has 0 aromatic heterocycles. The summed E-state index contributed by atoms with van der Waals surface area (Å²) in [6, 6.07) is 20.6. The monoisotopic (exact) mass is 500 g/mol. The number of Topliss-reactive ketones (excluding diaryl/α,β-unsaturated/α-hetero) is 3. The van der Waals surface area contributed by atoms with Crippen molar-refractivity contribution in [1.82, 2.24) is 10.2 Å². The molecule has 3 aromatic carbocycles. The number of ketones is 3. The predicted octanol–water partition coefficient (Wildman–Crippen LogP) is 5.42. The van der Waals surface area contributed by atoms with Crippen LogP contribution in [0.1, 0.15) is 42.6 Å². The summed E-state index contributed by atoms with van der Waals surface area (Å²) in [4.78, 5) is 43.5. The van der Waals surface area contributed by atoms with Crippen LogP contribution in [0.25, 0.3) is 0 Å². The van der Waals surface area contributed by atoms with Gasteiger partial charge in [0.2, 0.25) is 5.78 Å². The molecular formula is C28H18Cl2N2O3. The minimum atomic E-state index is -0.754. The molecule has 0 radical (unpaired) electrons. The number of carbonyl (C=O) groups excluding carboxylic acids is 3. The number of allylic oxidation sites excluding steroid dienone is 3. The molecule has 1 atom stereocenters. The normalized spacial score (nSPS) is 18.8. The van der Waals surface area contributed by atoms with Crippen molar-refractivity contribution in [2.75, 3.05) is 13.1 Å². The van der Waals surface area contributed by atoms with Crippen molar-refractivity contribution >= 4 is 40.6 Å². The molecule has 1 N–H and O–H groups in total. The Bertz CT molecular complexity index is 1500. The summed E-state index contributed by atoms with van der Waals surface area (Å²) in [5.41, 5.74) is 2.89. The standard InChI is InChI=1S/C28H18Cl2N2O3/c29-17-10-8-15(9-11-17)21-22-24(27(35)20-7-2-1-6-19(20)26(22)34)32-13-12-31-28(32)23(21)25(33)16-4-3-5-18(30)14-16/h1-11,14,21,31H,12-13H2. The van der Waals surface area contributed by atoms with Crippen molar-refractivity contribution in [1.29, 1.82) is 0 Å². The first kappa shape index (κ1) is 21.8. The number of hydrogen-bond acceptors (Lipinski definition) is 5. The van der Waals surface area contributed by atoms with E-state index < -0.39 is 5.92 Å². The maximum Gasteiger partial charge on any atom is 0.210 e. The summed E-state index contributed by atoms with van der Waals surface area (Å²) in [6.45, 7) is 1.00. The fourth-order valence-corrected chi connectivity index (χ4v) is 5.48. The molecule has 2 aliphatic heterocycles. The summed E-state index contributed by atoms with van der Waals surface area (Å²) < 4.78 is 0. The van der Waals surface area contributed by atoms with Gasteiger partial charge in [0.1, 0.15) is 5.82 Å². The number of fused-ring (bicyclic) bond motifs is 3. The second-order valence-corrected chi connectivity index (χ2v) is 9.50. The number of hydrogen-bond donors (Lipinski definition) is 1. The minimum Gasteiger partial charge on any atom is -0.369 e. The van der Waals surface area contributed by atoms with Crippen LogP contribution in [0.2, 0.25) is 10.0 Å². The van der Waals surface area contributed by atoms with E-state index in [1.165, 1.54) is 0 Å². The SMILES string of the molecule is O=C(C1=C2NCCN2C2=C(C(=O)c3ccccc3C2=O)C1c1ccc(Cl)cc1)c1cccc(Cl)c1. The molecule has 1 fully saturated rings. The van der Waals surface area contributed by atoms with Crippen molar-refractivity contribution in [2.24, 2.45) is 0 Å². The van der Waals surface area contributed by atoms with Gasteiger partial charge in [-0.15, -0.1) is 0 Å². The number of benzene rings is 3. The Hall–Kier alpha value is -3.67. The van der Waals surface area contributed by atoms with Crippen LogP contribution in [-0.4, -0.2) is 35.3 Å². The van der Waals surface area contributed by atoms with E-state index in [1.807, 2.05) is 0 Å². The molecule has 3 aliphatic rings. The summed E-state index contributed by atoms with van der Waals surface area (Å²) in [5, 5.41) is 4.28. The summed E-state index contributed by atoms with van der Waals surface area (Å²) >= 11 is 12.4. The van der Waals surface area contributed by atoms with Gasteiger partial charge in [-0.3, -0.25) is 14.4 Å². The largest absolute Gasteiger partial charge is 0.369 e. The van der Waals surface area contributed by atoms with Gasteiger partial charge in [-0.05, 0) is 29.8 Å². The lowest BCUT2D eigenvalue weighted by molar-refractivity contribution is 0.0936. The lowest BCUT2D eigenvalue weighted by Gasteiger charge is -2.38. The molecule has 172 valence electrons. The maximum absolute atomic E-state index is 14.0. The molecule has 1 aliphatic carbocycles. The van der Waals surface area contributed by atoms with Gasteiger partial charge in [-0.2, -0.15) is 0 Å². The third kappa shape index (κ3) is 3.34. The van der Waals surface area contributed by atoms with E-state index in [-0.39, 0.29) is 17.3 Å². The number of carbonyl (C=O) groups is 3. The summed E-state index contributed by atoms with van der Waals surface area (Å²) in [6.07, 6.45) is 0. The Morgan fingerprint density at radius 1 is 0.857 bits per heavy atom. The van der Waals surface area contributed by atoms with E-state index in [0.717, 1.165) is 0 Å². The molecule has 35 heavy (non-hydrogen) atoms. The smallest absolute Gasteiger partial charge is 0.210 e. The average Bonchev–Trinajstić information content (AvgIpc) is 3.36. The Labute approximate surface area is 211 Å². The van der Waals surface area contributed by atoms with Crippen LogP contribution in [0.4, 0.5) is 0 Å². The van der Waals surface area contributed by atoms with Gasteiger partial charge in [0, 0.05) is 51.3 Å². The van der Waals surface area contributed by atoms with E-state index in [4.69, 9.17) is 23.2 Å². The molecule has 5 nitrogen and oxygen atoms in total. The van der Waals surface area contributed by atoms with Crippen LogP contribution in [0.15, 0.2) is 95.5 Å². The average molecular weight is 501 g/mol. The molecule has 7 heteroatoms. The molecular weight excluding hydrogens is 483 g/mol. The van der Waals surface area contributed by atoms with Gasteiger partial charge in [0.05, 0.1) is 11.3 Å². The van der Waals surface area contributed by atoms with Crippen LogP contribution in [0.5, 0.6) is 0 Å². The van der Waals surface area contributed by atoms with Gasteiger partial charge in [0.25, 0.3) is 0 Å². The fourth-order valence-electron chi connectivity index (χ4n) is 5.17. The molecule has 0 bridgehead atoms. The Morgan fingerprint density at radius 2 is 1.57 bits per heavy atom. The Kier molecular flexibility index (Phi) is 5.13. The number of rotatable bonds is 3. The second-order valence-electron chi connectivity index (χ2n) is 8.63. The first-order valence-corrected chi connectivity index (χ1v) is 11.9. The number of halogens is 2. The number of nitrogens with one attached hydrogen (secondary N) is 1. The van der Waals surface area contributed by atoms with E-state index >= 15 is 0 Å². The molecule has 1 unspecified atom stereocenters.